The molecule has 6 heteroatoms. The molecule has 130 valence electrons. The first-order chi connectivity index (χ1) is 12.1. The van der Waals surface area contributed by atoms with Crippen LogP contribution < -0.4 is 10.1 Å². The van der Waals surface area contributed by atoms with Crippen LogP contribution in [-0.4, -0.2) is 24.3 Å². The average Bonchev–Trinajstić information content (AvgIpc) is 2.60. The summed E-state index contributed by atoms with van der Waals surface area (Å²) in [5, 5.41) is 21.9. The van der Waals surface area contributed by atoms with Gasteiger partial charge in [0.05, 0.1) is 24.8 Å². The van der Waals surface area contributed by atoms with Gasteiger partial charge in [-0.2, -0.15) is 5.26 Å². The van der Waals surface area contributed by atoms with Gasteiger partial charge in [0.15, 0.2) is 6.04 Å². The first-order valence-corrected chi connectivity index (χ1v) is 7.97. The molecule has 0 spiro atoms. The zero-order valence-electron chi connectivity index (χ0n) is 14.2. The first-order valence-electron chi connectivity index (χ1n) is 7.97. The highest BCUT2D eigenvalue weighted by Crippen LogP contribution is 2.29. The molecule has 0 fully saturated rings. The number of hydrogen-bond acceptors (Lipinski definition) is 6. The van der Waals surface area contributed by atoms with Crippen LogP contribution in [0.5, 0.6) is 11.5 Å². The number of carbonyl (C=O) groups is 1. The second-order valence-electron chi connectivity index (χ2n) is 5.21. The number of aromatic hydroxyl groups is 1. The second-order valence-corrected chi connectivity index (χ2v) is 5.21. The molecule has 0 aliphatic carbocycles. The number of ether oxygens (including phenoxy) is 2. The largest absolute Gasteiger partial charge is 0.508 e. The summed E-state index contributed by atoms with van der Waals surface area (Å²) in [6, 6.07) is 12.6. The molecule has 0 heterocycles. The summed E-state index contributed by atoms with van der Waals surface area (Å²) in [7, 11) is 0. The summed E-state index contributed by atoms with van der Waals surface area (Å²) in [5.74, 6) is -0.00906. The molecule has 0 aliphatic heterocycles. The van der Waals surface area contributed by atoms with E-state index in [0.717, 1.165) is 0 Å². The summed E-state index contributed by atoms with van der Waals surface area (Å²) in [4.78, 5) is 12.4. The van der Waals surface area contributed by atoms with Gasteiger partial charge in [0.25, 0.3) is 0 Å². The van der Waals surface area contributed by atoms with E-state index in [1.165, 1.54) is 12.1 Å². The number of carbonyl (C=O) groups excluding carboxylic acids is 1. The Balaban J connectivity index is 2.35. The molecule has 6 nitrogen and oxygen atoms in total. The predicted octanol–water partition coefficient (Wildman–Crippen LogP) is 3.38. The van der Waals surface area contributed by atoms with Gasteiger partial charge in [-0.05, 0) is 55.8 Å². The van der Waals surface area contributed by atoms with Gasteiger partial charge < -0.3 is 19.9 Å². The van der Waals surface area contributed by atoms with Gasteiger partial charge >= 0.3 is 5.97 Å². The van der Waals surface area contributed by atoms with Gasteiger partial charge in [-0.1, -0.05) is 0 Å². The smallest absolute Gasteiger partial charge is 0.333 e. The van der Waals surface area contributed by atoms with Gasteiger partial charge in [0, 0.05) is 11.8 Å². The van der Waals surface area contributed by atoms with Crippen molar-refractivity contribution >= 4 is 11.7 Å². The minimum absolute atomic E-state index is 0.00289. The normalized spacial score (nSPS) is 11.2. The Bertz CT molecular complexity index is 766. The van der Waals surface area contributed by atoms with E-state index in [4.69, 9.17) is 14.7 Å². The van der Waals surface area contributed by atoms with Gasteiger partial charge in [0.2, 0.25) is 0 Å². The van der Waals surface area contributed by atoms with Crippen molar-refractivity contribution < 1.29 is 19.4 Å². The van der Waals surface area contributed by atoms with Crippen molar-refractivity contribution in [2.24, 2.45) is 0 Å². The van der Waals surface area contributed by atoms with Crippen LogP contribution in [0, 0.1) is 11.3 Å². The quantitative estimate of drug-likeness (QED) is 0.751. The molecule has 0 radical (unpaired) electrons. The fourth-order valence-corrected chi connectivity index (χ4v) is 2.33. The third kappa shape index (κ3) is 4.88. The lowest BCUT2D eigenvalue weighted by Gasteiger charge is -2.20. The van der Waals surface area contributed by atoms with Crippen molar-refractivity contribution in [3.05, 3.63) is 53.6 Å². The number of phenolic OH excluding ortho intramolecular Hbond substituents is 1. The highest BCUT2D eigenvalue weighted by molar-refractivity contribution is 5.81. The number of phenols is 1. The summed E-state index contributed by atoms with van der Waals surface area (Å²) in [6.45, 7) is 4.24. The maximum absolute atomic E-state index is 12.4. The van der Waals surface area contributed by atoms with E-state index in [0.29, 0.717) is 29.2 Å². The third-order valence-corrected chi connectivity index (χ3v) is 3.41. The minimum atomic E-state index is -0.820. The van der Waals surface area contributed by atoms with E-state index in [1.54, 1.807) is 37.3 Å². The average molecular weight is 340 g/mol. The van der Waals surface area contributed by atoms with E-state index in [2.05, 4.69) is 5.32 Å². The number of benzene rings is 2. The van der Waals surface area contributed by atoms with E-state index >= 15 is 0 Å². The van der Waals surface area contributed by atoms with Crippen molar-refractivity contribution in [3.8, 4) is 17.6 Å². The van der Waals surface area contributed by atoms with Crippen LogP contribution in [0.4, 0.5) is 5.69 Å². The summed E-state index contributed by atoms with van der Waals surface area (Å²) >= 11 is 0. The van der Waals surface area contributed by atoms with Crippen molar-refractivity contribution in [1.82, 2.24) is 0 Å². The Labute approximate surface area is 146 Å². The maximum atomic E-state index is 12.4. The maximum Gasteiger partial charge on any atom is 0.333 e. The van der Waals surface area contributed by atoms with E-state index < -0.39 is 12.0 Å². The van der Waals surface area contributed by atoms with Crippen LogP contribution in [0.15, 0.2) is 42.5 Å². The third-order valence-electron chi connectivity index (χ3n) is 3.41. The Morgan fingerprint density at radius 3 is 2.52 bits per heavy atom. The highest BCUT2D eigenvalue weighted by Gasteiger charge is 2.23. The van der Waals surface area contributed by atoms with Gasteiger partial charge in [-0.15, -0.1) is 0 Å². The molecule has 0 saturated carbocycles. The summed E-state index contributed by atoms with van der Waals surface area (Å²) < 4.78 is 10.6. The molecule has 0 aromatic heterocycles. The molecule has 2 aromatic carbocycles. The zero-order chi connectivity index (χ0) is 18.2. The van der Waals surface area contributed by atoms with Crippen LogP contribution in [0.25, 0.3) is 0 Å². The topological polar surface area (TPSA) is 91.6 Å². The standard InChI is InChI=1S/C19H20N2O4/c1-3-24-17-10-14(9-16(22)11-17)18(19(23)25-4-2)21-15-7-5-13(12-20)6-8-15/h5-11,18,21-22H,3-4H2,1-2H3. The molecule has 0 bridgehead atoms. The summed E-state index contributed by atoms with van der Waals surface area (Å²) in [6.07, 6.45) is 0. The molecule has 25 heavy (non-hydrogen) atoms. The molecular weight excluding hydrogens is 320 g/mol. The molecule has 1 atom stereocenters. The summed E-state index contributed by atoms with van der Waals surface area (Å²) in [5.41, 5.74) is 1.69. The van der Waals surface area contributed by atoms with E-state index in [9.17, 15) is 9.90 Å². The molecule has 1 unspecified atom stereocenters. The Kier molecular flexibility index (Phi) is 6.24. The van der Waals surface area contributed by atoms with E-state index in [-0.39, 0.29) is 12.4 Å². The zero-order valence-corrected chi connectivity index (χ0v) is 14.2. The van der Waals surface area contributed by atoms with Crippen LogP contribution in [0.2, 0.25) is 0 Å². The van der Waals surface area contributed by atoms with Crippen LogP contribution >= 0.6 is 0 Å². The lowest BCUT2D eigenvalue weighted by atomic mass is 10.1. The lowest BCUT2D eigenvalue weighted by Crippen LogP contribution is -2.23. The number of hydrogen-bond donors (Lipinski definition) is 2. The van der Waals surface area contributed by atoms with Gasteiger partial charge in [0.1, 0.15) is 11.5 Å². The number of nitriles is 1. The fourth-order valence-electron chi connectivity index (χ4n) is 2.33. The lowest BCUT2D eigenvalue weighted by molar-refractivity contribution is -0.144. The van der Waals surface area contributed by atoms with Crippen LogP contribution in [0.3, 0.4) is 0 Å². The molecular formula is C19H20N2O4. The molecule has 0 aliphatic rings. The minimum Gasteiger partial charge on any atom is -0.508 e. The number of nitrogens with one attached hydrogen (secondary N) is 1. The predicted molar refractivity (Wildman–Crippen MR) is 93.4 cm³/mol. The number of anilines is 1. The van der Waals surface area contributed by atoms with Crippen LogP contribution in [-0.2, 0) is 9.53 Å². The van der Waals surface area contributed by atoms with E-state index in [1.807, 2.05) is 13.0 Å². The number of esters is 1. The molecule has 2 rings (SSSR count). The number of nitrogens with zero attached hydrogens (tertiary/aromatic N) is 1. The second kappa shape index (κ2) is 8.60. The van der Waals surface area contributed by atoms with Gasteiger partial charge in [-0.25, -0.2) is 4.79 Å². The van der Waals surface area contributed by atoms with Crippen molar-refractivity contribution in [3.63, 3.8) is 0 Å². The molecule has 0 amide bonds. The molecule has 2 aromatic rings. The SMILES string of the molecule is CCOC(=O)C(Nc1ccc(C#N)cc1)c1cc(O)cc(OCC)c1. The Morgan fingerprint density at radius 2 is 1.92 bits per heavy atom. The fraction of sp³-hybridized carbons (Fsp3) is 0.263. The van der Waals surface area contributed by atoms with Crippen molar-refractivity contribution in [2.75, 3.05) is 18.5 Å². The van der Waals surface area contributed by atoms with Crippen molar-refractivity contribution in [2.45, 2.75) is 19.9 Å². The highest BCUT2D eigenvalue weighted by atomic mass is 16.5. The van der Waals surface area contributed by atoms with Gasteiger partial charge in [-0.3, -0.25) is 0 Å². The van der Waals surface area contributed by atoms with Crippen LogP contribution in [0.1, 0.15) is 31.0 Å². The molecule has 2 N–H and O–H groups in total. The Hall–Kier alpha value is -3.20. The number of rotatable bonds is 7. The first kappa shape index (κ1) is 18.1. The Morgan fingerprint density at radius 1 is 1.20 bits per heavy atom. The monoisotopic (exact) mass is 340 g/mol. The molecule has 0 saturated heterocycles. The van der Waals surface area contributed by atoms with Crippen molar-refractivity contribution in [1.29, 1.82) is 5.26 Å².